The Balaban J connectivity index is 2.54. The van der Waals surface area contributed by atoms with Crippen LogP contribution >= 0.6 is 0 Å². The molecule has 1 saturated heterocycles. The zero-order valence-electron chi connectivity index (χ0n) is 13.0. The quantitative estimate of drug-likeness (QED) is 0.780. The molecule has 0 saturated carbocycles. The van der Waals surface area contributed by atoms with E-state index in [-0.39, 0.29) is 5.75 Å². The third-order valence-corrected chi connectivity index (χ3v) is 4.63. The Morgan fingerprint density at radius 3 is 2.23 bits per heavy atom. The number of carboxylic acid groups (broad SMARTS) is 1. The number of carbonyl (C=O) groups excluding carboxylic acids is 1. The molecule has 1 fully saturated rings. The number of carbonyl (C=O) groups is 2. The number of hydrogen-bond donors (Lipinski definition) is 3. The van der Waals surface area contributed by atoms with Gasteiger partial charge in [0.05, 0.1) is 6.04 Å². The van der Waals surface area contributed by atoms with Gasteiger partial charge in [-0.2, -0.15) is 0 Å². The van der Waals surface area contributed by atoms with E-state index >= 15 is 0 Å². The van der Waals surface area contributed by atoms with Crippen LogP contribution in [0.4, 0.5) is 4.79 Å². The maximum absolute atomic E-state index is 12.2. The lowest BCUT2D eigenvalue weighted by Crippen LogP contribution is -2.63. The van der Waals surface area contributed by atoms with Crippen LogP contribution in [0.2, 0.25) is 0 Å². The van der Waals surface area contributed by atoms with Gasteiger partial charge in [0.25, 0.3) is 0 Å². The number of primary amides is 1. The number of rotatable bonds is 2. The summed E-state index contributed by atoms with van der Waals surface area (Å²) in [6.07, 6.45) is -0.273. The number of aromatic hydroxyl groups is 1. The first-order valence-corrected chi connectivity index (χ1v) is 7.22. The van der Waals surface area contributed by atoms with E-state index in [2.05, 4.69) is 0 Å². The second-order valence-electron chi connectivity index (χ2n) is 6.77. The highest BCUT2D eigenvalue weighted by Gasteiger charge is 2.59. The summed E-state index contributed by atoms with van der Waals surface area (Å²) in [6, 6.07) is 5.92. The number of phenols is 1. The monoisotopic (exact) mass is 306 g/mol. The van der Waals surface area contributed by atoms with Gasteiger partial charge in [0.1, 0.15) is 11.3 Å². The first kappa shape index (κ1) is 16.1. The Bertz CT molecular complexity index is 591. The highest BCUT2D eigenvalue weighted by Crippen LogP contribution is 2.51. The van der Waals surface area contributed by atoms with Crippen LogP contribution in [0.5, 0.6) is 5.75 Å². The van der Waals surface area contributed by atoms with Crippen molar-refractivity contribution in [2.24, 2.45) is 11.1 Å². The largest absolute Gasteiger partial charge is 0.508 e. The van der Waals surface area contributed by atoms with Gasteiger partial charge in [-0.3, -0.25) is 9.69 Å². The molecule has 120 valence electrons. The summed E-state index contributed by atoms with van der Waals surface area (Å²) in [5.74, 6) is -0.510. The van der Waals surface area contributed by atoms with E-state index in [0.29, 0.717) is 12.8 Å². The van der Waals surface area contributed by atoms with E-state index in [9.17, 15) is 19.8 Å². The molecule has 2 amide bonds. The van der Waals surface area contributed by atoms with Crippen LogP contribution < -0.4 is 5.73 Å². The molecule has 6 heteroatoms. The number of nitrogens with zero attached hydrogens (tertiary/aromatic N) is 1. The Kier molecular flexibility index (Phi) is 3.81. The Morgan fingerprint density at radius 2 is 1.82 bits per heavy atom. The summed E-state index contributed by atoms with van der Waals surface area (Å²) in [4.78, 5) is 25.3. The number of hydrogen-bond acceptors (Lipinski definition) is 3. The van der Waals surface area contributed by atoms with Crippen molar-refractivity contribution in [3.8, 4) is 5.75 Å². The van der Waals surface area contributed by atoms with Crippen LogP contribution in [0.15, 0.2) is 24.3 Å². The predicted molar refractivity (Wildman–Crippen MR) is 81.3 cm³/mol. The van der Waals surface area contributed by atoms with Gasteiger partial charge >= 0.3 is 6.09 Å². The normalized spacial score (nSPS) is 25.2. The lowest BCUT2D eigenvalue weighted by atomic mass is 9.71. The summed E-state index contributed by atoms with van der Waals surface area (Å²) in [5.41, 5.74) is 4.50. The molecule has 4 N–H and O–H groups in total. The van der Waals surface area contributed by atoms with Crippen molar-refractivity contribution >= 4 is 12.0 Å². The average molecular weight is 306 g/mol. The van der Waals surface area contributed by atoms with Crippen molar-refractivity contribution in [1.82, 2.24) is 4.90 Å². The molecule has 0 unspecified atom stereocenters. The lowest BCUT2D eigenvalue weighted by molar-refractivity contribution is -0.135. The number of phenolic OH excluding ortho intramolecular Hbond substituents is 1. The summed E-state index contributed by atoms with van der Waals surface area (Å²) in [5, 5.41) is 19.1. The molecule has 1 aromatic rings. The van der Waals surface area contributed by atoms with Crippen molar-refractivity contribution in [1.29, 1.82) is 0 Å². The zero-order valence-corrected chi connectivity index (χ0v) is 13.0. The van der Waals surface area contributed by atoms with Crippen LogP contribution in [0.25, 0.3) is 0 Å². The highest BCUT2D eigenvalue weighted by molar-refractivity contribution is 5.90. The van der Waals surface area contributed by atoms with Gasteiger partial charge in [-0.1, -0.05) is 32.9 Å². The summed E-state index contributed by atoms with van der Waals surface area (Å²) >= 11 is 0. The molecule has 2 atom stereocenters. The molecule has 1 heterocycles. The van der Waals surface area contributed by atoms with E-state index in [0.717, 1.165) is 5.56 Å². The van der Waals surface area contributed by atoms with Crippen LogP contribution in [0, 0.1) is 5.41 Å². The molecule has 6 nitrogen and oxygen atoms in total. The Hall–Kier alpha value is -2.24. The lowest BCUT2D eigenvalue weighted by Gasteiger charge is -2.45. The molecule has 2 rings (SSSR count). The molecule has 1 aromatic carbocycles. The fourth-order valence-corrected chi connectivity index (χ4v) is 3.52. The summed E-state index contributed by atoms with van der Waals surface area (Å²) < 4.78 is 0. The van der Waals surface area contributed by atoms with Crippen molar-refractivity contribution in [3.63, 3.8) is 0 Å². The average Bonchev–Trinajstić information content (AvgIpc) is 2.80. The van der Waals surface area contributed by atoms with Gasteiger partial charge in [-0.05, 0) is 36.0 Å². The molecule has 0 aromatic heterocycles. The molecule has 0 spiro atoms. The Morgan fingerprint density at radius 1 is 1.27 bits per heavy atom. The summed E-state index contributed by atoms with van der Waals surface area (Å²) in [7, 11) is 0. The number of benzene rings is 1. The van der Waals surface area contributed by atoms with Crippen molar-refractivity contribution in [3.05, 3.63) is 29.8 Å². The van der Waals surface area contributed by atoms with Gasteiger partial charge in [0, 0.05) is 0 Å². The van der Waals surface area contributed by atoms with E-state index in [1.807, 2.05) is 20.8 Å². The first-order chi connectivity index (χ1) is 10.1. The number of amides is 2. The van der Waals surface area contributed by atoms with Crippen molar-refractivity contribution in [2.75, 3.05) is 0 Å². The molecule has 0 bridgehead atoms. The van der Waals surface area contributed by atoms with E-state index in [1.165, 1.54) is 17.0 Å². The van der Waals surface area contributed by atoms with Gasteiger partial charge in [0.2, 0.25) is 5.91 Å². The van der Waals surface area contributed by atoms with Crippen molar-refractivity contribution < 1.29 is 19.8 Å². The molecular weight excluding hydrogens is 284 g/mol. The second-order valence-corrected chi connectivity index (χ2v) is 6.77. The highest BCUT2D eigenvalue weighted by atomic mass is 16.4. The number of likely N-dealkylation sites (tertiary alicyclic amines) is 1. The number of nitrogens with two attached hydrogens (primary N) is 1. The fourth-order valence-electron chi connectivity index (χ4n) is 3.52. The smallest absolute Gasteiger partial charge is 0.408 e. The van der Waals surface area contributed by atoms with Crippen molar-refractivity contribution in [2.45, 2.75) is 45.2 Å². The molecule has 1 aliphatic heterocycles. The minimum absolute atomic E-state index is 0.112. The molecular formula is C16H22N2O4. The van der Waals surface area contributed by atoms with Crippen LogP contribution in [-0.2, 0) is 4.79 Å². The fraction of sp³-hybridized carbons (Fsp3) is 0.500. The van der Waals surface area contributed by atoms with Crippen LogP contribution in [0.1, 0.15) is 45.2 Å². The van der Waals surface area contributed by atoms with E-state index in [1.54, 1.807) is 12.1 Å². The third kappa shape index (κ3) is 2.28. The Labute approximate surface area is 129 Å². The molecule has 0 radical (unpaired) electrons. The van der Waals surface area contributed by atoms with Gasteiger partial charge in [0.15, 0.2) is 0 Å². The van der Waals surface area contributed by atoms with E-state index in [4.69, 9.17) is 5.73 Å². The predicted octanol–water partition coefficient (Wildman–Crippen LogP) is 2.48. The van der Waals surface area contributed by atoms with E-state index < -0.39 is 29.0 Å². The topological polar surface area (TPSA) is 104 Å². The zero-order chi connectivity index (χ0) is 16.7. The first-order valence-electron chi connectivity index (χ1n) is 7.22. The third-order valence-electron chi connectivity index (χ3n) is 4.63. The van der Waals surface area contributed by atoms with Gasteiger partial charge < -0.3 is 15.9 Å². The maximum atomic E-state index is 12.2. The SMILES string of the molecule is CC(C)(C)[C@@]1(C(N)=O)CC[C@@H](c2ccc(O)cc2)N1C(=O)O. The molecule has 0 aliphatic carbocycles. The van der Waals surface area contributed by atoms with Gasteiger partial charge in [-0.25, -0.2) is 4.79 Å². The molecule has 22 heavy (non-hydrogen) atoms. The standard InChI is InChI=1S/C16H22N2O4/c1-15(2,3)16(13(17)20)9-8-12(18(16)14(21)22)10-4-6-11(19)7-5-10/h4-7,12,19H,8-9H2,1-3H3,(H2,17,20)(H,21,22)/t12-,16-/m0/s1. The van der Waals surface area contributed by atoms with Gasteiger partial charge in [-0.15, -0.1) is 0 Å². The minimum Gasteiger partial charge on any atom is -0.508 e. The minimum atomic E-state index is -1.25. The molecule has 1 aliphatic rings. The maximum Gasteiger partial charge on any atom is 0.408 e. The second kappa shape index (κ2) is 5.19. The van der Waals surface area contributed by atoms with Crippen LogP contribution in [-0.4, -0.2) is 32.7 Å². The van der Waals surface area contributed by atoms with Crippen LogP contribution in [0.3, 0.4) is 0 Å². The summed E-state index contributed by atoms with van der Waals surface area (Å²) in [6.45, 7) is 5.48.